The van der Waals surface area contributed by atoms with Crippen molar-refractivity contribution in [2.45, 2.75) is 30.6 Å². The van der Waals surface area contributed by atoms with E-state index >= 15 is 0 Å². The molecule has 0 spiro atoms. The molecule has 3 rings (SSSR count). The Labute approximate surface area is 155 Å². The molecule has 5 nitrogen and oxygen atoms in total. The summed E-state index contributed by atoms with van der Waals surface area (Å²) in [5.74, 6) is -0.471. The van der Waals surface area contributed by atoms with Crippen LogP contribution in [0.2, 0.25) is 0 Å². The Hall–Kier alpha value is -2.26. The lowest BCUT2D eigenvalue weighted by Gasteiger charge is -2.21. The lowest BCUT2D eigenvalue weighted by Crippen LogP contribution is -2.26. The minimum absolute atomic E-state index is 0.0931. The number of ether oxygens (including phenoxy) is 1. The molecule has 0 amide bonds. The number of sulfonamides is 1. The maximum atomic E-state index is 12.4. The fourth-order valence-corrected chi connectivity index (χ4v) is 4.01. The highest BCUT2D eigenvalue weighted by Gasteiger charge is 2.31. The first-order chi connectivity index (χ1) is 12.7. The number of nitrogens with zero attached hydrogens (tertiary/aromatic N) is 1. The Balaban J connectivity index is 1.70. The van der Waals surface area contributed by atoms with Crippen LogP contribution in [0.5, 0.6) is 5.75 Å². The third-order valence-electron chi connectivity index (χ3n) is 4.26. The van der Waals surface area contributed by atoms with E-state index in [1.165, 1.54) is 0 Å². The standard InChI is InChI=1S/C18H19F3N2O3S/c19-18(20,21)26-15-7-9-16(10-8-15)27(24,25)22-13-14-5-1-2-6-17(14)23-11-3-4-12-23/h1-2,5-10,22H,3-4,11-13H2. The zero-order valence-corrected chi connectivity index (χ0v) is 15.2. The van der Waals surface area contributed by atoms with Gasteiger partial charge in [0.25, 0.3) is 0 Å². The summed E-state index contributed by atoms with van der Waals surface area (Å²) in [5, 5.41) is 0. The Morgan fingerprint density at radius 3 is 2.26 bits per heavy atom. The second-order valence-electron chi connectivity index (χ2n) is 6.17. The Kier molecular flexibility index (Phi) is 5.61. The van der Waals surface area contributed by atoms with Gasteiger partial charge in [0.2, 0.25) is 10.0 Å². The number of hydrogen-bond donors (Lipinski definition) is 1. The molecule has 0 saturated carbocycles. The Morgan fingerprint density at radius 2 is 1.63 bits per heavy atom. The van der Waals surface area contributed by atoms with Crippen LogP contribution in [-0.4, -0.2) is 27.9 Å². The molecule has 0 unspecified atom stereocenters. The lowest BCUT2D eigenvalue weighted by molar-refractivity contribution is -0.274. The fraction of sp³-hybridized carbons (Fsp3) is 0.333. The molecule has 1 aliphatic rings. The van der Waals surface area contributed by atoms with Crippen molar-refractivity contribution in [3.8, 4) is 5.75 Å². The lowest BCUT2D eigenvalue weighted by atomic mass is 10.1. The quantitative estimate of drug-likeness (QED) is 0.804. The molecule has 0 atom stereocenters. The average molecular weight is 400 g/mol. The van der Waals surface area contributed by atoms with Crippen molar-refractivity contribution in [2.75, 3.05) is 18.0 Å². The van der Waals surface area contributed by atoms with Crippen molar-refractivity contribution in [3.63, 3.8) is 0 Å². The van der Waals surface area contributed by atoms with Gasteiger partial charge in [0, 0.05) is 25.3 Å². The van der Waals surface area contributed by atoms with E-state index < -0.39 is 22.1 Å². The molecule has 0 aliphatic carbocycles. The van der Waals surface area contributed by atoms with Crippen molar-refractivity contribution < 1.29 is 26.3 Å². The van der Waals surface area contributed by atoms with E-state index in [9.17, 15) is 21.6 Å². The molecule has 0 aromatic heterocycles. The monoisotopic (exact) mass is 400 g/mol. The van der Waals surface area contributed by atoms with E-state index in [1.54, 1.807) is 0 Å². The third kappa shape index (κ3) is 5.14. The minimum Gasteiger partial charge on any atom is -0.406 e. The van der Waals surface area contributed by atoms with E-state index in [2.05, 4.69) is 14.4 Å². The molecule has 27 heavy (non-hydrogen) atoms. The highest BCUT2D eigenvalue weighted by Crippen LogP contribution is 2.26. The van der Waals surface area contributed by atoms with Gasteiger partial charge in [-0.3, -0.25) is 0 Å². The van der Waals surface area contributed by atoms with Crippen LogP contribution in [0.4, 0.5) is 18.9 Å². The first kappa shape index (κ1) is 19.5. The highest BCUT2D eigenvalue weighted by molar-refractivity contribution is 7.89. The minimum atomic E-state index is -4.82. The van der Waals surface area contributed by atoms with Gasteiger partial charge in [0.05, 0.1) is 4.90 Å². The SMILES string of the molecule is O=S(=O)(NCc1ccccc1N1CCCC1)c1ccc(OC(F)(F)F)cc1. The van der Waals surface area contributed by atoms with Gasteiger partial charge >= 0.3 is 6.36 Å². The molecule has 2 aromatic carbocycles. The number of halogens is 3. The maximum Gasteiger partial charge on any atom is 0.573 e. The third-order valence-corrected chi connectivity index (χ3v) is 5.68. The van der Waals surface area contributed by atoms with E-state index in [4.69, 9.17) is 0 Å². The summed E-state index contributed by atoms with van der Waals surface area (Å²) in [6.45, 7) is 1.96. The number of para-hydroxylation sites is 1. The van der Waals surface area contributed by atoms with Crippen LogP contribution in [0.1, 0.15) is 18.4 Å². The van der Waals surface area contributed by atoms with Crippen LogP contribution >= 0.6 is 0 Å². The summed E-state index contributed by atoms with van der Waals surface area (Å²) in [7, 11) is -3.86. The molecule has 0 bridgehead atoms. The first-order valence-electron chi connectivity index (χ1n) is 8.43. The second-order valence-corrected chi connectivity index (χ2v) is 7.93. The van der Waals surface area contributed by atoms with Gasteiger partial charge in [0.15, 0.2) is 0 Å². The average Bonchev–Trinajstić information content (AvgIpc) is 3.14. The number of anilines is 1. The van der Waals surface area contributed by atoms with Gasteiger partial charge in [-0.25, -0.2) is 13.1 Å². The topological polar surface area (TPSA) is 58.6 Å². The highest BCUT2D eigenvalue weighted by atomic mass is 32.2. The smallest absolute Gasteiger partial charge is 0.406 e. The van der Waals surface area contributed by atoms with Gasteiger partial charge < -0.3 is 9.64 Å². The molecule has 9 heteroatoms. The predicted octanol–water partition coefficient (Wildman–Crippen LogP) is 3.66. The Bertz CT molecular complexity index is 877. The Morgan fingerprint density at radius 1 is 1.00 bits per heavy atom. The molecule has 1 fully saturated rings. The molecule has 1 aliphatic heterocycles. The predicted molar refractivity (Wildman–Crippen MR) is 95.0 cm³/mol. The van der Waals surface area contributed by atoms with Crippen LogP contribution in [0.25, 0.3) is 0 Å². The zero-order chi connectivity index (χ0) is 19.5. The summed E-state index contributed by atoms with van der Waals surface area (Å²) in [6, 6.07) is 11.7. The normalized spacial score (nSPS) is 15.1. The molecule has 2 aromatic rings. The van der Waals surface area contributed by atoms with Gasteiger partial charge in [-0.2, -0.15) is 0 Å². The molecule has 1 heterocycles. The van der Waals surface area contributed by atoms with Gasteiger partial charge in [-0.05, 0) is 48.7 Å². The molecular weight excluding hydrogens is 381 g/mol. The van der Waals surface area contributed by atoms with Crippen molar-refractivity contribution in [3.05, 3.63) is 54.1 Å². The van der Waals surface area contributed by atoms with E-state index in [1.807, 2.05) is 24.3 Å². The van der Waals surface area contributed by atoms with Crippen LogP contribution in [0, 0.1) is 0 Å². The summed E-state index contributed by atoms with van der Waals surface area (Å²) in [4.78, 5) is 2.09. The van der Waals surface area contributed by atoms with Crippen LogP contribution in [0.15, 0.2) is 53.4 Å². The zero-order valence-electron chi connectivity index (χ0n) is 14.4. The number of benzene rings is 2. The van der Waals surface area contributed by atoms with Crippen molar-refractivity contribution in [1.82, 2.24) is 4.72 Å². The van der Waals surface area contributed by atoms with E-state index in [0.29, 0.717) is 0 Å². The molecule has 146 valence electrons. The number of alkyl halides is 3. The van der Waals surface area contributed by atoms with Gasteiger partial charge in [-0.15, -0.1) is 13.2 Å². The molecule has 1 saturated heterocycles. The maximum absolute atomic E-state index is 12.4. The number of hydrogen-bond acceptors (Lipinski definition) is 4. The fourth-order valence-electron chi connectivity index (χ4n) is 3.00. The van der Waals surface area contributed by atoms with Crippen molar-refractivity contribution in [1.29, 1.82) is 0 Å². The summed E-state index contributed by atoms with van der Waals surface area (Å²) in [5.41, 5.74) is 1.84. The number of nitrogens with one attached hydrogen (secondary N) is 1. The van der Waals surface area contributed by atoms with Crippen molar-refractivity contribution in [2.24, 2.45) is 0 Å². The molecule has 0 radical (unpaired) electrons. The van der Waals surface area contributed by atoms with E-state index in [0.717, 1.165) is 61.4 Å². The van der Waals surface area contributed by atoms with Crippen molar-refractivity contribution >= 4 is 15.7 Å². The first-order valence-corrected chi connectivity index (χ1v) is 9.91. The molecular formula is C18H19F3N2O3S. The summed E-state index contributed by atoms with van der Waals surface area (Å²) in [6.07, 6.45) is -2.61. The van der Waals surface area contributed by atoms with Gasteiger partial charge in [0.1, 0.15) is 5.75 Å². The largest absolute Gasteiger partial charge is 0.573 e. The second kappa shape index (κ2) is 7.77. The van der Waals surface area contributed by atoms with Crippen LogP contribution in [0.3, 0.4) is 0 Å². The van der Waals surface area contributed by atoms with Gasteiger partial charge in [-0.1, -0.05) is 18.2 Å². The van der Waals surface area contributed by atoms with Crippen LogP contribution < -0.4 is 14.4 Å². The number of rotatable bonds is 6. The summed E-state index contributed by atoms with van der Waals surface area (Å²) < 4.78 is 67.7. The van der Waals surface area contributed by atoms with Crippen LogP contribution in [-0.2, 0) is 16.6 Å². The molecule has 1 N–H and O–H groups in total. The van der Waals surface area contributed by atoms with E-state index in [-0.39, 0.29) is 11.4 Å². The summed E-state index contributed by atoms with van der Waals surface area (Å²) >= 11 is 0.